The molecule has 0 aromatic heterocycles. The van der Waals surface area contributed by atoms with Crippen LogP contribution in [-0.4, -0.2) is 18.1 Å². The standard InChI is InChI=1S/2C2H6OSi.2Na/c2*1-4(2)3;;/h2*1-2H3;;/q2*-1;2*+1. The van der Waals surface area contributed by atoms with Crippen molar-refractivity contribution < 1.29 is 68.7 Å². The topological polar surface area (TPSA) is 46.1 Å². The van der Waals surface area contributed by atoms with E-state index in [0.717, 1.165) is 0 Å². The molecule has 0 spiro atoms. The van der Waals surface area contributed by atoms with Gasteiger partial charge < -0.3 is 9.59 Å². The molecule has 0 aromatic carbocycles. The number of rotatable bonds is 0. The van der Waals surface area contributed by atoms with E-state index in [0.29, 0.717) is 0 Å². The molecule has 0 aliphatic heterocycles. The quantitative estimate of drug-likeness (QED) is 0.360. The van der Waals surface area contributed by atoms with E-state index in [1.54, 1.807) is 26.2 Å². The summed E-state index contributed by atoms with van der Waals surface area (Å²) in [6, 6.07) is 0. The van der Waals surface area contributed by atoms with Crippen LogP contribution in [0.1, 0.15) is 0 Å². The maximum atomic E-state index is 9.63. The molecule has 0 atom stereocenters. The van der Waals surface area contributed by atoms with E-state index in [9.17, 15) is 9.59 Å². The van der Waals surface area contributed by atoms with Crippen LogP contribution in [0.15, 0.2) is 0 Å². The fraction of sp³-hybridized carbons (Fsp3) is 1.00. The van der Waals surface area contributed by atoms with E-state index in [4.69, 9.17) is 0 Å². The second kappa shape index (κ2) is 17.4. The summed E-state index contributed by atoms with van der Waals surface area (Å²) in [5.74, 6) is 0. The van der Waals surface area contributed by atoms with Gasteiger partial charge in [0.1, 0.15) is 0 Å². The largest absolute Gasteiger partial charge is 1.00 e. The molecule has 0 saturated carbocycles. The van der Waals surface area contributed by atoms with Gasteiger partial charge in [0.05, 0.1) is 0 Å². The molecule has 0 aliphatic rings. The molecule has 6 heteroatoms. The molecule has 0 amide bonds. The van der Waals surface area contributed by atoms with Gasteiger partial charge in [0, 0.05) is 0 Å². The normalized spacial score (nSPS) is 7.20. The second-order valence-corrected chi connectivity index (χ2v) is 5.45. The van der Waals surface area contributed by atoms with Gasteiger partial charge in [0.25, 0.3) is 0 Å². The van der Waals surface area contributed by atoms with Gasteiger partial charge in [0.2, 0.25) is 0 Å². The molecule has 0 aromatic rings. The molecule has 2 nitrogen and oxygen atoms in total. The van der Waals surface area contributed by atoms with Crippen molar-refractivity contribution in [3.63, 3.8) is 0 Å². The summed E-state index contributed by atoms with van der Waals surface area (Å²) in [6.45, 7) is 6.85. The average Bonchev–Trinajstić information content (AvgIpc) is 1.25. The Morgan fingerprint density at radius 3 is 0.700 bits per heavy atom. The molecule has 0 unspecified atom stereocenters. The maximum absolute atomic E-state index is 9.63. The summed E-state index contributed by atoms with van der Waals surface area (Å²) < 4.78 is 0. The van der Waals surface area contributed by atoms with Crippen LogP contribution in [0.3, 0.4) is 0 Å². The van der Waals surface area contributed by atoms with Crippen molar-refractivity contribution in [2.45, 2.75) is 26.2 Å². The molecular formula is C4H12Na2O2Si2. The molecule has 0 N–H and O–H groups in total. The van der Waals surface area contributed by atoms with E-state index in [1.165, 1.54) is 0 Å². The van der Waals surface area contributed by atoms with Crippen LogP contribution in [0.5, 0.6) is 0 Å². The van der Waals surface area contributed by atoms with E-state index in [-0.39, 0.29) is 59.1 Å². The van der Waals surface area contributed by atoms with Crippen molar-refractivity contribution in [3.05, 3.63) is 0 Å². The number of hydrogen-bond acceptors (Lipinski definition) is 2. The van der Waals surface area contributed by atoms with Crippen LogP contribution in [-0.2, 0) is 0 Å². The SMILES string of the molecule is C[Si](C)[O-].C[Si](C)[O-].[Na+].[Na+]. The van der Waals surface area contributed by atoms with Crippen LogP contribution < -0.4 is 68.7 Å². The van der Waals surface area contributed by atoms with Crippen molar-refractivity contribution in [2.75, 3.05) is 0 Å². The zero-order valence-electron chi connectivity index (χ0n) is 7.82. The zero-order valence-corrected chi connectivity index (χ0v) is 13.8. The Labute approximate surface area is 111 Å². The summed E-state index contributed by atoms with van der Waals surface area (Å²) in [7, 11) is -2.26. The molecule has 0 saturated heterocycles. The molecule has 10 heavy (non-hydrogen) atoms. The Morgan fingerprint density at radius 1 is 0.700 bits per heavy atom. The maximum Gasteiger partial charge on any atom is 1.00 e. The molecule has 50 valence electrons. The van der Waals surface area contributed by atoms with Gasteiger partial charge in [-0.2, -0.15) is 0 Å². The van der Waals surface area contributed by atoms with Crippen LogP contribution in [0.25, 0.3) is 0 Å². The number of hydrogen-bond donors (Lipinski definition) is 0. The molecule has 0 fully saturated rings. The minimum absolute atomic E-state index is 0. The van der Waals surface area contributed by atoms with Gasteiger partial charge in [0.15, 0.2) is 0 Å². The summed E-state index contributed by atoms with van der Waals surface area (Å²) in [5, 5.41) is 0. The van der Waals surface area contributed by atoms with Gasteiger partial charge in [-0.15, -0.1) is 0 Å². The third-order valence-corrected chi connectivity index (χ3v) is 0. The summed E-state index contributed by atoms with van der Waals surface area (Å²) in [4.78, 5) is 19.3. The van der Waals surface area contributed by atoms with Crippen molar-refractivity contribution in [1.82, 2.24) is 0 Å². The van der Waals surface area contributed by atoms with Gasteiger partial charge >= 0.3 is 59.1 Å². The minimum Gasteiger partial charge on any atom is -0.861 e. The molecule has 0 aliphatic carbocycles. The second-order valence-electron chi connectivity index (χ2n) is 1.82. The van der Waals surface area contributed by atoms with Crippen molar-refractivity contribution >= 4 is 18.1 Å². The third kappa shape index (κ3) is 164. The van der Waals surface area contributed by atoms with Crippen LogP contribution in [0.4, 0.5) is 0 Å². The fourth-order valence-corrected chi connectivity index (χ4v) is 0. The third-order valence-electron chi connectivity index (χ3n) is 0. The van der Waals surface area contributed by atoms with E-state index in [2.05, 4.69) is 0 Å². The van der Waals surface area contributed by atoms with Gasteiger partial charge in [-0.25, -0.2) is 0 Å². The van der Waals surface area contributed by atoms with E-state index < -0.39 is 18.1 Å². The molecule has 0 rings (SSSR count). The zero-order chi connectivity index (χ0) is 7.15. The fourth-order valence-electron chi connectivity index (χ4n) is 0. The Kier molecular flexibility index (Phi) is 39.8. The Balaban J connectivity index is -0.0000000300. The van der Waals surface area contributed by atoms with E-state index >= 15 is 0 Å². The first kappa shape index (κ1) is 22.8. The molecule has 0 heterocycles. The first-order chi connectivity index (χ1) is 3.46. The predicted octanol–water partition coefficient (Wildman–Crippen LogP) is -6.80. The van der Waals surface area contributed by atoms with Crippen molar-refractivity contribution in [2.24, 2.45) is 0 Å². The van der Waals surface area contributed by atoms with Crippen LogP contribution >= 0.6 is 0 Å². The summed E-state index contributed by atoms with van der Waals surface area (Å²) in [5.41, 5.74) is 0. The van der Waals surface area contributed by atoms with Crippen LogP contribution in [0.2, 0.25) is 26.2 Å². The Hall–Kier alpha value is 2.35. The monoisotopic (exact) mass is 194 g/mol. The summed E-state index contributed by atoms with van der Waals surface area (Å²) in [6.07, 6.45) is 0. The van der Waals surface area contributed by atoms with Gasteiger partial charge in [-0.1, -0.05) is 44.3 Å². The first-order valence-electron chi connectivity index (χ1n) is 2.41. The minimum atomic E-state index is -1.13. The predicted molar refractivity (Wildman–Crippen MR) is 35.0 cm³/mol. The van der Waals surface area contributed by atoms with Gasteiger partial charge in [-0.05, 0) is 0 Å². The molecule has 2 radical (unpaired) electrons. The average molecular weight is 194 g/mol. The Bertz CT molecular complexity index is 34.7. The van der Waals surface area contributed by atoms with Crippen molar-refractivity contribution in [1.29, 1.82) is 0 Å². The first-order valence-corrected chi connectivity index (χ1v) is 7.22. The van der Waals surface area contributed by atoms with E-state index in [1.807, 2.05) is 0 Å². The summed E-state index contributed by atoms with van der Waals surface area (Å²) >= 11 is 0. The Morgan fingerprint density at radius 2 is 0.700 bits per heavy atom. The smallest absolute Gasteiger partial charge is 0.861 e. The van der Waals surface area contributed by atoms with Crippen molar-refractivity contribution in [3.8, 4) is 0 Å². The van der Waals surface area contributed by atoms with Crippen LogP contribution in [0, 0.1) is 0 Å². The molecular weight excluding hydrogens is 182 g/mol. The van der Waals surface area contributed by atoms with Gasteiger partial charge in [-0.3, -0.25) is 0 Å². The molecule has 0 bridgehead atoms.